The van der Waals surface area contributed by atoms with E-state index in [0.29, 0.717) is 5.01 Å². The van der Waals surface area contributed by atoms with E-state index in [9.17, 15) is 8.42 Å². The summed E-state index contributed by atoms with van der Waals surface area (Å²) in [5.74, 6) is 0. The zero-order valence-corrected chi connectivity index (χ0v) is 11.6. The van der Waals surface area contributed by atoms with Gasteiger partial charge in [0.15, 0.2) is 0 Å². The van der Waals surface area contributed by atoms with Crippen LogP contribution in [0.1, 0.15) is 10.6 Å². The smallest absolute Gasteiger partial charge is 0.253 e. The van der Waals surface area contributed by atoms with E-state index >= 15 is 0 Å². The molecule has 0 aliphatic carbocycles. The molecule has 2 aromatic rings. The van der Waals surface area contributed by atoms with E-state index in [-0.39, 0.29) is 16.4 Å². The third kappa shape index (κ3) is 3.27. The minimum Gasteiger partial charge on any atom is -0.253 e. The first-order chi connectivity index (χ1) is 9.01. The molecule has 0 saturated carbocycles. The lowest BCUT2D eigenvalue weighted by atomic mass is 10.2. The van der Waals surface area contributed by atoms with Crippen molar-refractivity contribution in [3.05, 3.63) is 34.8 Å². The highest BCUT2D eigenvalue weighted by Crippen LogP contribution is 2.19. The molecule has 0 bridgehead atoms. The first-order valence-corrected chi connectivity index (χ1v) is 7.60. The third-order valence-electron chi connectivity index (χ3n) is 2.26. The van der Waals surface area contributed by atoms with Gasteiger partial charge in [0.2, 0.25) is 5.13 Å². The topological polar surface area (TPSA) is 95.7 Å². The molecule has 0 radical (unpaired) electrons. The second-order valence-electron chi connectivity index (χ2n) is 3.71. The van der Waals surface area contributed by atoms with Gasteiger partial charge in [-0.1, -0.05) is 23.5 Å². The van der Waals surface area contributed by atoms with Crippen LogP contribution in [0.4, 0.5) is 5.13 Å². The molecule has 0 fully saturated rings. The lowest BCUT2D eigenvalue weighted by molar-refractivity contribution is 0.601. The molecule has 6 nitrogen and oxygen atoms in total. The summed E-state index contributed by atoms with van der Waals surface area (Å²) in [6.45, 7) is 1.74. The first kappa shape index (κ1) is 13.5. The van der Waals surface area contributed by atoms with Crippen molar-refractivity contribution in [2.45, 2.75) is 18.2 Å². The minimum atomic E-state index is -3.66. The molecule has 1 aromatic carbocycles. The van der Waals surface area contributed by atoms with Gasteiger partial charge in [0, 0.05) is 0 Å². The van der Waals surface area contributed by atoms with Gasteiger partial charge in [0.25, 0.3) is 10.0 Å². The van der Waals surface area contributed by atoms with Crippen LogP contribution in [-0.4, -0.2) is 18.6 Å². The molecule has 0 saturated heterocycles. The van der Waals surface area contributed by atoms with Crippen molar-refractivity contribution in [2.24, 2.45) is 0 Å². The molecule has 0 spiro atoms. The van der Waals surface area contributed by atoms with Gasteiger partial charge in [-0.25, -0.2) is 8.42 Å². The molecule has 19 heavy (non-hydrogen) atoms. The SMILES string of the molecule is Cc1nnc(NS(=O)(=O)c2ccc(CC#N)cc2)s1. The molecule has 98 valence electrons. The van der Waals surface area contributed by atoms with Crippen LogP contribution in [0.2, 0.25) is 0 Å². The van der Waals surface area contributed by atoms with Crippen LogP contribution in [0.3, 0.4) is 0 Å². The van der Waals surface area contributed by atoms with E-state index in [0.717, 1.165) is 16.9 Å². The summed E-state index contributed by atoms with van der Waals surface area (Å²) in [7, 11) is -3.66. The molecule has 0 atom stereocenters. The van der Waals surface area contributed by atoms with Gasteiger partial charge >= 0.3 is 0 Å². The fraction of sp³-hybridized carbons (Fsp3) is 0.182. The third-order valence-corrected chi connectivity index (χ3v) is 4.50. The predicted octanol–water partition coefficient (Wildman–Crippen LogP) is 1.71. The number of hydrogen-bond donors (Lipinski definition) is 1. The van der Waals surface area contributed by atoms with E-state index in [1.165, 1.54) is 12.1 Å². The van der Waals surface area contributed by atoms with E-state index in [2.05, 4.69) is 14.9 Å². The summed E-state index contributed by atoms with van der Waals surface area (Å²) < 4.78 is 26.4. The molecule has 0 aliphatic rings. The number of nitriles is 1. The molecular weight excluding hydrogens is 284 g/mol. The standard InChI is InChI=1S/C11H10N4O2S2/c1-8-13-14-11(18-8)15-19(16,17)10-4-2-9(3-5-10)6-7-12/h2-5H,6H2,1H3,(H,14,15). The lowest BCUT2D eigenvalue weighted by Crippen LogP contribution is -2.12. The van der Waals surface area contributed by atoms with Gasteiger partial charge in [0.05, 0.1) is 17.4 Å². The molecule has 0 aliphatic heterocycles. The highest BCUT2D eigenvalue weighted by molar-refractivity contribution is 7.93. The summed E-state index contributed by atoms with van der Waals surface area (Å²) in [4.78, 5) is 0.127. The highest BCUT2D eigenvalue weighted by Gasteiger charge is 2.16. The molecule has 8 heteroatoms. The molecule has 1 N–H and O–H groups in total. The maximum Gasteiger partial charge on any atom is 0.263 e. The fourth-order valence-electron chi connectivity index (χ4n) is 1.39. The number of nitrogens with zero attached hydrogens (tertiary/aromatic N) is 3. The summed E-state index contributed by atoms with van der Waals surface area (Å²) in [5.41, 5.74) is 0.771. The van der Waals surface area contributed by atoms with Crippen LogP contribution in [0, 0.1) is 18.3 Å². The maximum atomic E-state index is 12.0. The van der Waals surface area contributed by atoms with E-state index in [1.807, 2.05) is 6.07 Å². The summed E-state index contributed by atoms with van der Waals surface area (Å²) in [6, 6.07) is 8.15. The molecule has 1 aromatic heterocycles. The Bertz CT molecular complexity index is 714. The van der Waals surface area contributed by atoms with Crippen molar-refractivity contribution in [3.8, 4) is 6.07 Å². The highest BCUT2D eigenvalue weighted by atomic mass is 32.2. The number of nitrogens with one attached hydrogen (secondary N) is 1. The van der Waals surface area contributed by atoms with Gasteiger partial charge < -0.3 is 0 Å². The Morgan fingerprint density at radius 1 is 1.32 bits per heavy atom. The number of rotatable bonds is 4. The predicted molar refractivity (Wildman–Crippen MR) is 71.2 cm³/mol. The zero-order chi connectivity index (χ0) is 13.9. The number of hydrogen-bond acceptors (Lipinski definition) is 6. The van der Waals surface area contributed by atoms with Crippen molar-refractivity contribution >= 4 is 26.5 Å². The Labute approximate surface area is 114 Å². The Morgan fingerprint density at radius 2 is 2.00 bits per heavy atom. The molecular formula is C11H10N4O2S2. The van der Waals surface area contributed by atoms with E-state index in [4.69, 9.17) is 5.26 Å². The second-order valence-corrected chi connectivity index (χ2v) is 6.57. The average Bonchev–Trinajstić information content (AvgIpc) is 2.75. The van der Waals surface area contributed by atoms with Crippen molar-refractivity contribution < 1.29 is 8.42 Å². The number of anilines is 1. The van der Waals surface area contributed by atoms with Crippen molar-refractivity contribution in [1.29, 1.82) is 5.26 Å². The Balaban J connectivity index is 2.22. The van der Waals surface area contributed by atoms with Gasteiger partial charge in [-0.2, -0.15) is 5.26 Å². The molecule has 2 rings (SSSR count). The summed E-state index contributed by atoms with van der Waals surface area (Å²) in [5, 5.41) is 16.9. The Kier molecular flexibility index (Phi) is 3.78. The number of aromatic nitrogens is 2. The molecule has 0 amide bonds. The average molecular weight is 294 g/mol. The van der Waals surface area contributed by atoms with Crippen LogP contribution in [0.15, 0.2) is 29.2 Å². The van der Waals surface area contributed by atoms with Gasteiger partial charge in [-0.15, -0.1) is 10.2 Å². The van der Waals surface area contributed by atoms with Gasteiger partial charge in [-0.05, 0) is 24.6 Å². The van der Waals surface area contributed by atoms with Crippen LogP contribution in [0.5, 0.6) is 0 Å². The second kappa shape index (κ2) is 5.34. The monoisotopic (exact) mass is 294 g/mol. The largest absolute Gasteiger partial charge is 0.263 e. The molecule has 0 unspecified atom stereocenters. The van der Waals surface area contributed by atoms with E-state index < -0.39 is 10.0 Å². The quantitative estimate of drug-likeness (QED) is 0.926. The van der Waals surface area contributed by atoms with Crippen LogP contribution in [0.25, 0.3) is 0 Å². The van der Waals surface area contributed by atoms with Crippen molar-refractivity contribution in [1.82, 2.24) is 10.2 Å². The normalized spacial score (nSPS) is 10.9. The van der Waals surface area contributed by atoms with E-state index in [1.54, 1.807) is 19.1 Å². The van der Waals surface area contributed by atoms with Crippen LogP contribution in [-0.2, 0) is 16.4 Å². The van der Waals surface area contributed by atoms with Crippen molar-refractivity contribution in [3.63, 3.8) is 0 Å². The molecule has 1 heterocycles. The Hall–Kier alpha value is -1.98. The lowest BCUT2D eigenvalue weighted by Gasteiger charge is -2.04. The minimum absolute atomic E-state index is 0.127. The van der Waals surface area contributed by atoms with Crippen LogP contribution >= 0.6 is 11.3 Å². The number of benzene rings is 1. The van der Waals surface area contributed by atoms with Crippen LogP contribution < -0.4 is 4.72 Å². The first-order valence-electron chi connectivity index (χ1n) is 5.30. The number of aryl methyl sites for hydroxylation is 1. The van der Waals surface area contributed by atoms with Crippen molar-refractivity contribution in [2.75, 3.05) is 4.72 Å². The maximum absolute atomic E-state index is 12.0. The summed E-state index contributed by atoms with van der Waals surface area (Å²) >= 11 is 1.16. The fourth-order valence-corrected chi connectivity index (χ4v) is 3.21. The summed E-state index contributed by atoms with van der Waals surface area (Å²) in [6.07, 6.45) is 0.253. The zero-order valence-electron chi connectivity index (χ0n) is 9.99. The Morgan fingerprint density at radius 3 is 2.53 bits per heavy atom. The van der Waals surface area contributed by atoms with Gasteiger partial charge in [0.1, 0.15) is 5.01 Å². The van der Waals surface area contributed by atoms with Gasteiger partial charge in [-0.3, -0.25) is 4.72 Å². The number of sulfonamides is 1.